The normalized spacial score (nSPS) is 24.6. The first-order valence-electron chi connectivity index (χ1n) is 8.08. The second kappa shape index (κ2) is 8.34. The average Bonchev–Trinajstić information content (AvgIpc) is 2.71. The van der Waals surface area contributed by atoms with E-state index in [1.54, 1.807) is 0 Å². The molecule has 21 heavy (non-hydrogen) atoms. The third kappa shape index (κ3) is 5.63. The summed E-state index contributed by atoms with van der Waals surface area (Å²) in [6, 6.07) is 0. The van der Waals surface area contributed by atoms with Crippen molar-refractivity contribution < 1.29 is 14.7 Å². The Labute approximate surface area is 126 Å². The van der Waals surface area contributed by atoms with Crippen LogP contribution in [0.2, 0.25) is 0 Å². The monoisotopic (exact) mass is 297 g/mol. The van der Waals surface area contributed by atoms with Crippen LogP contribution in [0.15, 0.2) is 0 Å². The first-order valence-corrected chi connectivity index (χ1v) is 8.08. The van der Waals surface area contributed by atoms with Gasteiger partial charge in [0.25, 0.3) is 0 Å². The van der Waals surface area contributed by atoms with Gasteiger partial charge in [0, 0.05) is 32.6 Å². The molecule has 1 atom stereocenters. The molecule has 2 N–H and O–H groups in total. The summed E-state index contributed by atoms with van der Waals surface area (Å²) in [4.78, 5) is 26.9. The van der Waals surface area contributed by atoms with Crippen molar-refractivity contribution >= 4 is 11.9 Å². The molecule has 0 aromatic carbocycles. The Morgan fingerprint density at radius 1 is 1.14 bits per heavy atom. The average molecular weight is 297 g/mol. The molecule has 0 aromatic rings. The van der Waals surface area contributed by atoms with Gasteiger partial charge in [0.05, 0.1) is 6.54 Å². The van der Waals surface area contributed by atoms with Gasteiger partial charge in [0.1, 0.15) is 0 Å². The fourth-order valence-corrected chi connectivity index (χ4v) is 3.23. The van der Waals surface area contributed by atoms with Crippen LogP contribution in [-0.2, 0) is 9.59 Å². The van der Waals surface area contributed by atoms with Crippen molar-refractivity contribution in [2.45, 2.75) is 32.1 Å². The highest BCUT2D eigenvalue weighted by Gasteiger charge is 2.21. The molecule has 0 aliphatic carbocycles. The van der Waals surface area contributed by atoms with Gasteiger partial charge in [0.15, 0.2) is 0 Å². The highest BCUT2D eigenvalue weighted by atomic mass is 16.4. The lowest BCUT2D eigenvalue weighted by atomic mass is 9.94. The minimum absolute atomic E-state index is 0.0791. The van der Waals surface area contributed by atoms with Gasteiger partial charge in [-0.1, -0.05) is 0 Å². The molecule has 1 unspecified atom stereocenters. The Morgan fingerprint density at radius 3 is 2.71 bits per heavy atom. The van der Waals surface area contributed by atoms with Gasteiger partial charge in [-0.3, -0.25) is 14.5 Å². The van der Waals surface area contributed by atoms with E-state index in [2.05, 4.69) is 5.32 Å². The molecule has 2 aliphatic rings. The Morgan fingerprint density at radius 2 is 2.00 bits per heavy atom. The lowest BCUT2D eigenvalue weighted by Gasteiger charge is -2.25. The van der Waals surface area contributed by atoms with Crippen LogP contribution in [-0.4, -0.2) is 72.6 Å². The number of hydrogen-bond donors (Lipinski definition) is 2. The van der Waals surface area contributed by atoms with Crippen molar-refractivity contribution in [2.24, 2.45) is 5.92 Å². The number of nitrogens with one attached hydrogen (secondary N) is 1. The second-order valence-electron chi connectivity index (χ2n) is 6.16. The number of carboxylic acid groups (broad SMARTS) is 1. The molecule has 0 aromatic heterocycles. The van der Waals surface area contributed by atoms with E-state index in [9.17, 15) is 9.59 Å². The third-order valence-electron chi connectivity index (χ3n) is 4.47. The Kier molecular flexibility index (Phi) is 6.45. The lowest BCUT2D eigenvalue weighted by molar-refractivity contribution is -0.138. The lowest BCUT2D eigenvalue weighted by Crippen LogP contribution is -2.37. The molecule has 0 spiro atoms. The van der Waals surface area contributed by atoms with Crippen LogP contribution >= 0.6 is 0 Å². The minimum Gasteiger partial charge on any atom is -0.480 e. The third-order valence-corrected chi connectivity index (χ3v) is 4.47. The van der Waals surface area contributed by atoms with Crippen LogP contribution in [0.5, 0.6) is 0 Å². The molecular formula is C15H27N3O3. The van der Waals surface area contributed by atoms with Crippen molar-refractivity contribution in [2.75, 3.05) is 45.8 Å². The number of rotatable bonds is 5. The molecule has 0 saturated carbocycles. The van der Waals surface area contributed by atoms with E-state index < -0.39 is 5.97 Å². The number of hydrogen-bond acceptors (Lipinski definition) is 4. The number of carboxylic acids is 1. The Balaban J connectivity index is 1.70. The minimum atomic E-state index is -0.792. The van der Waals surface area contributed by atoms with Gasteiger partial charge < -0.3 is 15.3 Å². The summed E-state index contributed by atoms with van der Waals surface area (Å²) in [5.41, 5.74) is 0. The van der Waals surface area contributed by atoms with E-state index in [1.807, 2.05) is 9.80 Å². The van der Waals surface area contributed by atoms with Gasteiger partial charge >= 0.3 is 5.97 Å². The van der Waals surface area contributed by atoms with E-state index in [-0.39, 0.29) is 12.5 Å². The molecular weight excluding hydrogens is 270 g/mol. The van der Waals surface area contributed by atoms with E-state index in [0.717, 1.165) is 39.0 Å². The number of carbonyl (C=O) groups excluding carboxylic acids is 1. The first kappa shape index (κ1) is 16.2. The van der Waals surface area contributed by atoms with Crippen LogP contribution in [0.3, 0.4) is 0 Å². The molecule has 2 fully saturated rings. The topological polar surface area (TPSA) is 72.9 Å². The summed E-state index contributed by atoms with van der Waals surface area (Å²) in [5, 5.41) is 12.2. The van der Waals surface area contributed by atoms with Crippen molar-refractivity contribution in [3.05, 3.63) is 0 Å². The molecule has 0 bridgehead atoms. The number of aliphatic carboxylic acids is 1. The van der Waals surface area contributed by atoms with Gasteiger partial charge in [-0.05, 0) is 44.7 Å². The summed E-state index contributed by atoms with van der Waals surface area (Å²) in [6.07, 6.45) is 4.91. The largest absolute Gasteiger partial charge is 0.480 e. The zero-order valence-corrected chi connectivity index (χ0v) is 12.7. The van der Waals surface area contributed by atoms with Crippen molar-refractivity contribution in [1.82, 2.24) is 15.1 Å². The van der Waals surface area contributed by atoms with Gasteiger partial charge in [-0.2, -0.15) is 0 Å². The number of nitrogens with zero attached hydrogens (tertiary/aromatic N) is 2. The van der Waals surface area contributed by atoms with Crippen LogP contribution in [0.4, 0.5) is 0 Å². The predicted molar refractivity (Wildman–Crippen MR) is 80.1 cm³/mol. The van der Waals surface area contributed by atoms with Crippen LogP contribution < -0.4 is 5.32 Å². The highest BCUT2D eigenvalue weighted by molar-refractivity contribution is 5.76. The molecule has 2 rings (SSSR count). The smallest absolute Gasteiger partial charge is 0.317 e. The number of carbonyl (C=O) groups is 2. The maximum absolute atomic E-state index is 12.3. The van der Waals surface area contributed by atoms with E-state index in [4.69, 9.17) is 5.11 Å². The van der Waals surface area contributed by atoms with Crippen LogP contribution in [0.1, 0.15) is 32.1 Å². The van der Waals surface area contributed by atoms with E-state index in [1.165, 1.54) is 12.8 Å². The molecule has 2 saturated heterocycles. The quantitative estimate of drug-likeness (QED) is 0.768. The zero-order valence-electron chi connectivity index (χ0n) is 12.7. The fraction of sp³-hybridized carbons (Fsp3) is 0.867. The molecule has 2 aliphatic heterocycles. The number of amides is 1. The van der Waals surface area contributed by atoms with E-state index in [0.29, 0.717) is 25.4 Å². The maximum atomic E-state index is 12.3. The van der Waals surface area contributed by atoms with Gasteiger partial charge in [-0.15, -0.1) is 0 Å². The molecule has 0 radical (unpaired) electrons. The Hall–Kier alpha value is -1.14. The Bertz CT molecular complexity index is 356. The van der Waals surface area contributed by atoms with Crippen molar-refractivity contribution in [3.8, 4) is 0 Å². The summed E-state index contributed by atoms with van der Waals surface area (Å²) in [6.45, 7) is 5.09. The van der Waals surface area contributed by atoms with Gasteiger partial charge in [-0.25, -0.2) is 0 Å². The summed E-state index contributed by atoms with van der Waals surface area (Å²) in [5.74, 6) is 0.0792. The number of piperidine rings is 1. The molecule has 6 nitrogen and oxygen atoms in total. The summed E-state index contributed by atoms with van der Waals surface area (Å²) < 4.78 is 0. The zero-order chi connectivity index (χ0) is 15.1. The summed E-state index contributed by atoms with van der Waals surface area (Å²) >= 11 is 0. The summed E-state index contributed by atoms with van der Waals surface area (Å²) in [7, 11) is 0. The highest BCUT2D eigenvalue weighted by Crippen LogP contribution is 2.17. The SMILES string of the molecule is O=C(O)CN1CCCN(C(=O)CCC2CCCNC2)CC1. The molecule has 1 amide bonds. The first-order chi connectivity index (χ1) is 10.1. The van der Waals surface area contributed by atoms with Crippen molar-refractivity contribution in [3.63, 3.8) is 0 Å². The standard InChI is InChI=1S/C15H27N3O3/c19-14(5-4-13-3-1-6-16-11-13)18-8-2-7-17(9-10-18)12-15(20)21/h13,16H,1-12H2,(H,20,21). The molecule has 2 heterocycles. The van der Waals surface area contributed by atoms with E-state index >= 15 is 0 Å². The van der Waals surface area contributed by atoms with Crippen molar-refractivity contribution in [1.29, 1.82) is 0 Å². The fourth-order valence-electron chi connectivity index (χ4n) is 3.23. The maximum Gasteiger partial charge on any atom is 0.317 e. The van der Waals surface area contributed by atoms with Crippen LogP contribution in [0.25, 0.3) is 0 Å². The van der Waals surface area contributed by atoms with Gasteiger partial charge in [0.2, 0.25) is 5.91 Å². The second-order valence-corrected chi connectivity index (χ2v) is 6.16. The predicted octanol–water partition coefficient (Wildman–Crippen LogP) is 0.385. The molecule has 120 valence electrons. The molecule has 6 heteroatoms. The van der Waals surface area contributed by atoms with Crippen LogP contribution in [0, 0.1) is 5.92 Å².